The number of alkyl carbamates (subject to hydrolysis) is 1. The zero-order valence-electron chi connectivity index (χ0n) is 30.7. The standard InChI is InChI=1S/C42H54N2O7/c1-38(2,3)51-37(50)43-32-19-41(17-26(32)18-41)16-24-6-8-25(9-7-24)36(49)44-21-28-15-31-30-11-10-27-14-29(46)12-13-39(27,4)35(30)33(47)20-40(31,5)42(28,23-44)34(48)22-45/h6-9,12-14,26,28,30-33,35,45,47H,10-11,15-23H2,1-5H3,(H,43,50)/t26?,28-,30-,31-,32?,33-,35+,39-,40-,41?,42+/m0/s1. The molecule has 7 fully saturated rings. The first kappa shape index (κ1) is 34.8. The molecular weight excluding hydrogens is 644 g/mol. The van der Waals surface area contributed by atoms with Crippen LogP contribution in [-0.2, 0) is 20.7 Å². The highest BCUT2D eigenvalue weighted by atomic mass is 16.6. The number of fused-ring (bicyclic) bond motifs is 8. The van der Waals surface area contributed by atoms with Gasteiger partial charge in [0, 0.05) is 36.0 Å². The molecule has 1 heterocycles. The molecule has 3 N–H and O–H groups in total. The number of hydrogen-bond donors (Lipinski definition) is 3. The predicted octanol–water partition coefficient (Wildman–Crippen LogP) is 5.43. The Morgan fingerprint density at radius 3 is 2.47 bits per heavy atom. The molecule has 6 saturated carbocycles. The first-order valence-corrected chi connectivity index (χ1v) is 19.2. The van der Waals surface area contributed by atoms with Crippen molar-refractivity contribution in [2.45, 2.75) is 104 Å². The number of ether oxygens (including phenoxy) is 1. The molecule has 0 aromatic heterocycles. The molecule has 8 aliphatic rings. The number of allylic oxidation sites excluding steroid dienone is 4. The summed E-state index contributed by atoms with van der Waals surface area (Å²) in [5, 5.41) is 25.4. The quantitative estimate of drug-likeness (QED) is 0.361. The number of amides is 2. The van der Waals surface area contributed by atoms with Crippen LogP contribution in [0.1, 0.15) is 95.5 Å². The van der Waals surface area contributed by atoms with Crippen LogP contribution in [0.25, 0.3) is 0 Å². The molecule has 1 aromatic carbocycles. The van der Waals surface area contributed by atoms with Crippen molar-refractivity contribution in [1.29, 1.82) is 0 Å². The normalized spacial score (nSPS) is 41.9. The van der Waals surface area contributed by atoms with E-state index in [0.29, 0.717) is 24.4 Å². The molecule has 9 atom stereocenters. The van der Waals surface area contributed by atoms with Gasteiger partial charge in [-0.05, 0) is 136 Å². The fourth-order valence-corrected chi connectivity index (χ4v) is 13.1. The minimum Gasteiger partial charge on any atom is -0.444 e. The molecule has 9 nitrogen and oxygen atoms in total. The lowest BCUT2D eigenvalue weighted by molar-refractivity contribution is -0.158. The minimum absolute atomic E-state index is 0.00576. The van der Waals surface area contributed by atoms with Crippen molar-refractivity contribution in [2.24, 2.45) is 51.2 Å². The van der Waals surface area contributed by atoms with E-state index in [0.717, 1.165) is 50.5 Å². The lowest BCUT2D eigenvalue weighted by Gasteiger charge is -2.60. The van der Waals surface area contributed by atoms with E-state index in [1.165, 1.54) is 5.56 Å². The molecule has 0 spiro atoms. The Balaban J connectivity index is 0.966. The van der Waals surface area contributed by atoms with Crippen molar-refractivity contribution in [1.82, 2.24) is 10.2 Å². The van der Waals surface area contributed by atoms with Gasteiger partial charge >= 0.3 is 6.09 Å². The summed E-state index contributed by atoms with van der Waals surface area (Å²) in [5.41, 5.74) is 0.609. The van der Waals surface area contributed by atoms with Crippen molar-refractivity contribution in [2.75, 3.05) is 19.7 Å². The van der Waals surface area contributed by atoms with Gasteiger partial charge < -0.3 is 25.2 Å². The van der Waals surface area contributed by atoms with Crippen LogP contribution in [0.15, 0.2) is 48.1 Å². The molecule has 2 bridgehead atoms. The Morgan fingerprint density at radius 1 is 1.06 bits per heavy atom. The van der Waals surface area contributed by atoms with Gasteiger partial charge in [0.05, 0.1) is 11.5 Å². The third-order valence-corrected chi connectivity index (χ3v) is 15.0. The van der Waals surface area contributed by atoms with Crippen molar-refractivity contribution < 1.29 is 34.1 Å². The molecule has 2 amide bonds. The molecule has 9 heteroatoms. The van der Waals surface area contributed by atoms with E-state index in [9.17, 15) is 29.4 Å². The number of carbonyl (C=O) groups is 4. The molecule has 1 aliphatic heterocycles. The van der Waals surface area contributed by atoms with Crippen molar-refractivity contribution in [3.63, 3.8) is 0 Å². The average Bonchev–Trinajstić information content (AvgIpc) is 3.75. The molecule has 7 aliphatic carbocycles. The number of ketones is 2. The minimum atomic E-state index is -0.921. The summed E-state index contributed by atoms with van der Waals surface area (Å²) in [5.74, 6) is 0.384. The maximum absolute atomic E-state index is 14.1. The highest BCUT2D eigenvalue weighted by Gasteiger charge is 2.73. The van der Waals surface area contributed by atoms with E-state index in [-0.39, 0.29) is 65.2 Å². The van der Waals surface area contributed by atoms with Crippen molar-refractivity contribution >= 4 is 23.6 Å². The van der Waals surface area contributed by atoms with Crippen LogP contribution in [0.2, 0.25) is 0 Å². The van der Waals surface area contributed by atoms with E-state index in [2.05, 4.69) is 19.2 Å². The van der Waals surface area contributed by atoms with Gasteiger partial charge in [0.15, 0.2) is 11.6 Å². The molecule has 274 valence electrons. The van der Waals surface area contributed by atoms with Gasteiger partial charge in [-0.3, -0.25) is 14.4 Å². The lowest BCUT2D eigenvalue weighted by atomic mass is 9.44. The van der Waals surface area contributed by atoms with Crippen LogP contribution in [0.3, 0.4) is 0 Å². The van der Waals surface area contributed by atoms with E-state index in [4.69, 9.17) is 4.74 Å². The first-order valence-electron chi connectivity index (χ1n) is 19.2. The van der Waals surface area contributed by atoms with Gasteiger partial charge in [-0.2, -0.15) is 0 Å². The summed E-state index contributed by atoms with van der Waals surface area (Å²) in [6, 6.07) is 8.03. The highest BCUT2D eigenvalue weighted by molar-refractivity contribution is 6.01. The maximum Gasteiger partial charge on any atom is 0.407 e. The molecule has 1 unspecified atom stereocenters. The van der Waals surface area contributed by atoms with Crippen molar-refractivity contribution in [3.05, 3.63) is 59.2 Å². The summed E-state index contributed by atoms with van der Waals surface area (Å²) in [7, 11) is 0. The molecule has 1 saturated heterocycles. The van der Waals surface area contributed by atoms with Crippen LogP contribution in [-0.4, -0.2) is 76.1 Å². The monoisotopic (exact) mass is 698 g/mol. The van der Waals surface area contributed by atoms with Gasteiger partial charge in [-0.25, -0.2) is 4.79 Å². The van der Waals surface area contributed by atoms with Crippen molar-refractivity contribution in [3.8, 4) is 0 Å². The summed E-state index contributed by atoms with van der Waals surface area (Å²) < 4.78 is 5.48. The SMILES string of the molecule is CC(C)(C)OC(=O)NC1CC2(Cc3ccc(C(=O)N4C[C@@H]5C[C@H]6[C@@H]7CCC8=CC(=O)C=C[C@]8(C)[C@H]7[C@@H](O)C[C@]6(C)[C@]5(C(=O)CO)C4)cc3)CC1C2. The Kier molecular flexibility index (Phi) is 7.91. The second-order valence-corrected chi connectivity index (χ2v) is 18.9. The maximum atomic E-state index is 14.1. The number of benzene rings is 1. The number of Topliss-reactive ketones (excluding diaryl/α,β-unsaturated/α-hetero) is 1. The van der Waals surface area contributed by atoms with Gasteiger partial charge in [-0.15, -0.1) is 0 Å². The third-order valence-electron chi connectivity index (χ3n) is 15.0. The topological polar surface area (TPSA) is 133 Å². The Morgan fingerprint density at radius 2 is 1.78 bits per heavy atom. The summed E-state index contributed by atoms with van der Waals surface area (Å²) >= 11 is 0. The zero-order chi connectivity index (χ0) is 36.3. The summed E-state index contributed by atoms with van der Waals surface area (Å²) in [4.78, 5) is 54.6. The third kappa shape index (κ3) is 5.22. The Labute approximate surface area is 301 Å². The predicted molar refractivity (Wildman–Crippen MR) is 190 cm³/mol. The van der Waals surface area contributed by atoms with Crippen LogP contribution in [0.4, 0.5) is 4.79 Å². The Bertz CT molecular complexity index is 1720. The van der Waals surface area contributed by atoms with Gasteiger partial charge in [-0.1, -0.05) is 37.6 Å². The van der Waals surface area contributed by atoms with Gasteiger partial charge in [0.2, 0.25) is 0 Å². The molecule has 0 radical (unpaired) electrons. The number of aliphatic hydroxyl groups excluding tert-OH is 2. The fraction of sp³-hybridized carbons (Fsp3) is 0.667. The lowest BCUT2D eigenvalue weighted by Crippen LogP contribution is -2.60. The number of likely N-dealkylation sites (tertiary alicyclic amines) is 1. The number of nitrogens with zero attached hydrogens (tertiary/aromatic N) is 1. The van der Waals surface area contributed by atoms with Crippen LogP contribution < -0.4 is 5.32 Å². The van der Waals surface area contributed by atoms with Gasteiger partial charge in [0.25, 0.3) is 5.91 Å². The summed E-state index contributed by atoms with van der Waals surface area (Å²) in [6.45, 7) is 10.0. The first-order chi connectivity index (χ1) is 24.0. The molecule has 1 aromatic rings. The fourth-order valence-electron chi connectivity index (χ4n) is 13.1. The average molecular weight is 699 g/mol. The van der Waals surface area contributed by atoms with E-state index < -0.39 is 34.6 Å². The molecule has 9 rings (SSSR count). The van der Waals surface area contributed by atoms with Crippen LogP contribution in [0, 0.1) is 51.2 Å². The second-order valence-electron chi connectivity index (χ2n) is 18.9. The van der Waals surface area contributed by atoms with Gasteiger partial charge in [0.1, 0.15) is 12.2 Å². The molecular formula is C42H54N2O7. The number of rotatable bonds is 6. The van der Waals surface area contributed by atoms with Crippen LogP contribution in [0.5, 0.6) is 0 Å². The number of carbonyl (C=O) groups excluding carboxylic acids is 4. The van der Waals surface area contributed by atoms with E-state index in [1.807, 2.05) is 56.0 Å². The van der Waals surface area contributed by atoms with E-state index in [1.54, 1.807) is 12.2 Å². The largest absolute Gasteiger partial charge is 0.444 e. The Hall–Kier alpha value is -3.30. The highest BCUT2D eigenvalue weighted by Crippen LogP contribution is 2.72. The second kappa shape index (κ2) is 11.6. The van der Waals surface area contributed by atoms with Crippen LogP contribution >= 0.6 is 0 Å². The molecule has 51 heavy (non-hydrogen) atoms. The zero-order valence-corrected chi connectivity index (χ0v) is 30.7. The van der Waals surface area contributed by atoms with E-state index >= 15 is 0 Å². The summed E-state index contributed by atoms with van der Waals surface area (Å²) in [6.07, 6.45) is 11.2. The number of aliphatic hydroxyl groups is 2. The smallest absolute Gasteiger partial charge is 0.407 e. The number of hydrogen-bond acceptors (Lipinski definition) is 7. The number of nitrogens with one attached hydrogen (secondary N) is 1.